The van der Waals surface area contributed by atoms with Crippen molar-refractivity contribution < 1.29 is 18.5 Å². The number of fused-ring (bicyclic) bond motifs is 1. The normalized spacial score (nSPS) is 15.1. The molecular weight excluding hydrogens is 390 g/mol. The summed E-state index contributed by atoms with van der Waals surface area (Å²) in [5.74, 6) is 1.70. The van der Waals surface area contributed by atoms with E-state index in [9.17, 15) is 9.00 Å². The Morgan fingerprint density at radius 3 is 2.34 bits per heavy atom. The molecule has 1 amide bonds. The SMILES string of the molecule is COc1cccc(OC)c1C(=O)Nc1c2c(nn1-c1ccc(C)cc1)CS(=O)C2. The molecule has 2 heterocycles. The van der Waals surface area contributed by atoms with Crippen LogP contribution in [0.15, 0.2) is 42.5 Å². The van der Waals surface area contributed by atoms with Crippen LogP contribution in [0.5, 0.6) is 11.5 Å². The molecule has 4 rings (SSSR count). The van der Waals surface area contributed by atoms with Gasteiger partial charge in [-0.3, -0.25) is 9.00 Å². The highest BCUT2D eigenvalue weighted by atomic mass is 32.2. The molecule has 29 heavy (non-hydrogen) atoms. The van der Waals surface area contributed by atoms with Gasteiger partial charge in [0.15, 0.2) is 0 Å². The van der Waals surface area contributed by atoms with Gasteiger partial charge in [-0.25, -0.2) is 4.68 Å². The summed E-state index contributed by atoms with van der Waals surface area (Å²) < 4.78 is 24.5. The second-order valence-electron chi connectivity index (χ2n) is 6.74. The first-order valence-electron chi connectivity index (χ1n) is 9.07. The minimum absolute atomic E-state index is 0.294. The van der Waals surface area contributed by atoms with Gasteiger partial charge in [-0.2, -0.15) is 5.10 Å². The molecule has 3 aromatic rings. The van der Waals surface area contributed by atoms with Gasteiger partial charge in [-0.15, -0.1) is 0 Å². The zero-order valence-electron chi connectivity index (χ0n) is 16.4. The number of benzene rings is 2. The van der Waals surface area contributed by atoms with Crippen molar-refractivity contribution in [3.8, 4) is 17.2 Å². The monoisotopic (exact) mass is 411 g/mol. The van der Waals surface area contributed by atoms with Crippen LogP contribution in [-0.2, 0) is 22.3 Å². The summed E-state index contributed by atoms with van der Waals surface area (Å²) in [5.41, 5.74) is 3.77. The quantitative estimate of drug-likeness (QED) is 0.697. The first-order valence-corrected chi connectivity index (χ1v) is 10.6. The second-order valence-corrected chi connectivity index (χ2v) is 8.20. The van der Waals surface area contributed by atoms with E-state index >= 15 is 0 Å². The molecule has 0 aliphatic carbocycles. The van der Waals surface area contributed by atoms with Crippen molar-refractivity contribution in [2.24, 2.45) is 0 Å². The number of ether oxygens (including phenoxy) is 2. The summed E-state index contributed by atoms with van der Waals surface area (Å²) in [6, 6.07) is 13.0. The number of hydrogen-bond acceptors (Lipinski definition) is 5. The lowest BCUT2D eigenvalue weighted by molar-refractivity contribution is 0.102. The third kappa shape index (κ3) is 3.51. The molecule has 0 saturated carbocycles. The van der Waals surface area contributed by atoms with E-state index in [0.29, 0.717) is 34.4 Å². The third-order valence-electron chi connectivity index (χ3n) is 4.84. The van der Waals surface area contributed by atoms with E-state index in [4.69, 9.17) is 9.47 Å². The lowest BCUT2D eigenvalue weighted by atomic mass is 10.1. The van der Waals surface area contributed by atoms with Crippen molar-refractivity contribution >= 4 is 22.5 Å². The fourth-order valence-corrected chi connectivity index (χ4v) is 4.64. The average Bonchev–Trinajstić information content (AvgIpc) is 3.24. The largest absolute Gasteiger partial charge is 0.496 e. The molecular formula is C21H21N3O4S. The van der Waals surface area contributed by atoms with E-state index in [1.165, 1.54) is 14.2 Å². The summed E-state index contributed by atoms with van der Waals surface area (Å²) in [6.45, 7) is 2.01. The molecule has 7 nitrogen and oxygen atoms in total. The molecule has 1 aliphatic rings. The Labute approximate surface area is 171 Å². The van der Waals surface area contributed by atoms with E-state index in [1.807, 2.05) is 31.2 Å². The Bertz CT molecular complexity index is 1080. The number of nitrogens with one attached hydrogen (secondary N) is 1. The van der Waals surface area contributed by atoms with Gasteiger partial charge >= 0.3 is 0 Å². The zero-order chi connectivity index (χ0) is 20.5. The highest BCUT2D eigenvalue weighted by molar-refractivity contribution is 7.83. The number of rotatable bonds is 5. The molecule has 0 bridgehead atoms. The van der Waals surface area contributed by atoms with Crippen LogP contribution in [0.25, 0.3) is 5.69 Å². The molecule has 0 spiro atoms. The van der Waals surface area contributed by atoms with Crippen molar-refractivity contribution in [2.45, 2.75) is 18.4 Å². The van der Waals surface area contributed by atoms with Crippen molar-refractivity contribution in [1.82, 2.24) is 9.78 Å². The lowest BCUT2D eigenvalue weighted by Gasteiger charge is -2.15. The Hall–Kier alpha value is -3.13. The lowest BCUT2D eigenvalue weighted by Crippen LogP contribution is -2.18. The Kier molecular flexibility index (Phi) is 5.10. The standard InChI is InChI=1S/C21H21N3O4S/c1-13-7-9-14(10-8-13)24-20(15-11-29(26)12-16(15)23-24)22-21(25)19-17(27-2)5-4-6-18(19)28-3/h4-10H,11-12H2,1-3H3,(H,22,25). The fourth-order valence-electron chi connectivity index (χ4n) is 3.37. The van der Waals surface area contributed by atoms with Crippen LogP contribution in [0.1, 0.15) is 27.2 Å². The molecule has 150 valence electrons. The number of carbonyl (C=O) groups excluding carboxylic acids is 1. The van der Waals surface area contributed by atoms with Crippen LogP contribution in [0.3, 0.4) is 0 Å². The van der Waals surface area contributed by atoms with Crippen LogP contribution in [0.4, 0.5) is 5.82 Å². The second kappa shape index (κ2) is 7.71. The van der Waals surface area contributed by atoms with Gasteiger partial charge in [-0.1, -0.05) is 23.8 Å². The summed E-state index contributed by atoms with van der Waals surface area (Å²) in [6.07, 6.45) is 0. The summed E-state index contributed by atoms with van der Waals surface area (Å²) in [5, 5.41) is 7.58. The molecule has 0 saturated heterocycles. The van der Waals surface area contributed by atoms with E-state index in [1.54, 1.807) is 22.9 Å². The van der Waals surface area contributed by atoms with Crippen molar-refractivity contribution in [1.29, 1.82) is 0 Å². The maximum atomic E-state index is 13.2. The zero-order valence-corrected chi connectivity index (χ0v) is 17.2. The number of nitrogens with zero attached hydrogens (tertiary/aromatic N) is 2. The molecule has 0 fully saturated rings. The Balaban J connectivity index is 1.79. The predicted molar refractivity (Wildman–Crippen MR) is 111 cm³/mol. The van der Waals surface area contributed by atoms with Crippen molar-refractivity contribution in [2.75, 3.05) is 19.5 Å². The minimum atomic E-state index is -1.01. The number of aromatic nitrogens is 2. The van der Waals surface area contributed by atoms with Gasteiger partial charge in [0.05, 0.1) is 37.1 Å². The average molecular weight is 411 g/mol. The smallest absolute Gasteiger partial charge is 0.264 e. The van der Waals surface area contributed by atoms with Gasteiger partial charge in [0.2, 0.25) is 0 Å². The van der Waals surface area contributed by atoms with Gasteiger partial charge in [-0.05, 0) is 31.2 Å². The number of anilines is 1. The van der Waals surface area contributed by atoms with E-state index in [2.05, 4.69) is 10.4 Å². The summed E-state index contributed by atoms with van der Waals surface area (Å²) in [4.78, 5) is 13.2. The summed E-state index contributed by atoms with van der Waals surface area (Å²) >= 11 is 0. The number of methoxy groups -OCH3 is 2. The molecule has 8 heteroatoms. The molecule has 1 N–H and O–H groups in total. The maximum Gasteiger partial charge on any atom is 0.264 e. The molecule has 1 aromatic heterocycles. The van der Waals surface area contributed by atoms with E-state index in [0.717, 1.165) is 22.5 Å². The molecule has 2 aromatic carbocycles. The van der Waals surface area contributed by atoms with Crippen LogP contribution in [0, 0.1) is 6.92 Å². The topological polar surface area (TPSA) is 82.4 Å². The fraction of sp³-hybridized carbons (Fsp3) is 0.238. The van der Waals surface area contributed by atoms with Crippen molar-refractivity contribution in [3.63, 3.8) is 0 Å². The number of hydrogen-bond donors (Lipinski definition) is 1. The number of aryl methyl sites for hydroxylation is 1. The maximum absolute atomic E-state index is 13.2. The van der Waals surface area contributed by atoms with Crippen LogP contribution in [-0.4, -0.2) is 34.1 Å². The molecule has 1 atom stereocenters. The highest BCUT2D eigenvalue weighted by Crippen LogP contribution is 2.34. The van der Waals surface area contributed by atoms with Gasteiger partial charge in [0.25, 0.3) is 5.91 Å². The third-order valence-corrected chi connectivity index (χ3v) is 6.04. The van der Waals surface area contributed by atoms with Crippen LogP contribution < -0.4 is 14.8 Å². The van der Waals surface area contributed by atoms with Crippen LogP contribution >= 0.6 is 0 Å². The van der Waals surface area contributed by atoms with E-state index in [-0.39, 0.29) is 5.91 Å². The minimum Gasteiger partial charge on any atom is -0.496 e. The van der Waals surface area contributed by atoms with E-state index < -0.39 is 10.8 Å². The number of amides is 1. The first-order chi connectivity index (χ1) is 14.0. The Morgan fingerprint density at radius 1 is 1.07 bits per heavy atom. The molecule has 0 radical (unpaired) electrons. The number of carbonyl (C=O) groups is 1. The predicted octanol–water partition coefficient (Wildman–Crippen LogP) is 3.21. The summed E-state index contributed by atoms with van der Waals surface area (Å²) in [7, 11) is 1.99. The van der Waals surface area contributed by atoms with Gasteiger partial charge < -0.3 is 14.8 Å². The van der Waals surface area contributed by atoms with Gasteiger partial charge in [0.1, 0.15) is 22.9 Å². The molecule has 1 aliphatic heterocycles. The molecule has 1 unspecified atom stereocenters. The first kappa shape index (κ1) is 19.2. The van der Waals surface area contributed by atoms with Crippen molar-refractivity contribution in [3.05, 3.63) is 64.8 Å². The highest BCUT2D eigenvalue weighted by Gasteiger charge is 2.29. The van der Waals surface area contributed by atoms with Crippen LogP contribution in [0.2, 0.25) is 0 Å². The van der Waals surface area contributed by atoms with Gasteiger partial charge in [0, 0.05) is 16.4 Å². The Morgan fingerprint density at radius 2 is 1.72 bits per heavy atom.